The molecule has 1 saturated carbocycles. The van der Waals surface area contributed by atoms with E-state index in [1.165, 1.54) is 23.8 Å². The maximum absolute atomic E-state index is 6.42. The van der Waals surface area contributed by atoms with Crippen molar-refractivity contribution in [2.45, 2.75) is 38.3 Å². The van der Waals surface area contributed by atoms with Crippen LogP contribution in [0.4, 0.5) is 0 Å². The van der Waals surface area contributed by atoms with Crippen LogP contribution in [0.5, 0.6) is 0 Å². The number of fused-ring (bicyclic) bond motifs is 1. The Labute approximate surface area is 123 Å². The summed E-state index contributed by atoms with van der Waals surface area (Å²) in [7, 11) is 0. The Bertz CT molecular complexity index is 781. The number of hydrogen-bond acceptors (Lipinski definition) is 3. The summed E-state index contributed by atoms with van der Waals surface area (Å²) in [4.78, 5) is 3.30. The van der Waals surface area contributed by atoms with Gasteiger partial charge in [0.2, 0.25) is 0 Å². The fraction of sp³-hybridized carbons (Fsp3) is 0.375. The van der Waals surface area contributed by atoms with Crippen LogP contribution in [0.3, 0.4) is 0 Å². The quantitative estimate of drug-likeness (QED) is 0.772. The molecule has 108 valence electrons. The van der Waals surface area contributed by atoms with Gasteiger partial charge in [0.15, 0.2) is 5.82 Å². The van der Waals surface area contributed by atoms with Crippen LogP contribution in [0.2, 0.25) is 0 Å². The number of nitrogens with zero attached hydrogens (tertiary/aromatic N) is 3. The van der Waals surface area contributed by atoms with Crippen molar-refractivity contribution in [2.75, 3.05) is 0 Å². The topological polar surface area (TPSA) is 72.5 Å². The minimum Gasteiger partial charge on any atom is -0.361 e. The predicted molar refractivity (Wildman–Crippen MR) is 82.0 cm³/mol. The van der Waals surface area contributed by atoms with Crippen LogP contribution in [0.15, 0.2) is 30.5 Å². The predicted octanol–water partition coefficient (Wildman–Crippen LogP) is 2.65. The fourth-order valence-electron chi connectivity index (χ4n) is 3.05. The summed E-state index contributed by atoms with van der Waals surface area (Å²) in [5.41, 5.74) is 8.81. The molecule has 1 aromatic carbocycles. The van der Waals surface area contributed by atoms with Gasteiger partial charge in [0.05, 0.1) is 6.04 Å². The van der Waals surface area contributed by atoms with Crippen LogP contribution < -0.4 is 5.73 Å². The summed E-state index contributed by atoms with van der Waals surface area (Å²) >= 11 is 0. The van der Waals surface area contributed by atoms with E-state index in [0.29, 0.717) is 6.04 Å². The first-order valence-electron chi connectivity index (χ1n) is 7.46. The summed E-state index contributed by atoms with van der Waals surface area (Å²) in [6.45, 7) is 2.01. The molecule has 2 heterocycles. The van der Waals surface area contributed by atoms with E-state index in [4.69, 9.17) is 5.73 Å². The van der Waals surface area contributed by atoms with Crippen LogP contribution in [-0.2, 0) is 6.42 Å². The highest BCUT2D eigenvalue weighted by molar-refractivity contribution is 5.83. The molecule has 1 aliphatic carbocycles. The first-order valence-corrected chi connectivity index (χ1v) is 7.46. The molecule has 3 aromatic rings. The van der Waals surface area contributed by atoms with Gasteiger partial charge in [-0.3, -0.25) is 0 Å². The monoisotopic (exact) mass is 281 g/mol. The maximum Gasteiger partial charge on any atom is 0.150 e. The Morgan fingerprint density at radius 1 is 1.33 bits per heavy atom. The van der Waals surface area contributed by atoms with Gasteiger partial charge >= 0.3 is 0 Å². The lowest BCUT2D eigenvalue weighted by Gasteiger charge is -2.13. The van der Waals surface area contributed by atoms with Gasteiger partial charge in [-0.15, -0.1) is 10.2 Å². The zero-order valence-electron chi connectivity index (χ0n) is 12.1. The second-order valence-corrected chi connectivity index (χ2v) is 5.88. The first kappa shape index (κ1) is 12.6. The summed E-state index contributed by atoms with van der Waals surface area (Å²) in [5, 5.41) is 9.77. The number of nitrogens with one attached hydrogen (secondary N) is 1. The third-order valence-electron chi connectivity index (χ3n) is 4.25. The third-order valence-corrected chi connectivity index (χ3v) is 4.25. The van der Waals surface area contributed by atoms with Crippen LogP contribution >= 0.6 is 0 Å². The van der Waals surface area contributed by atoms with Crippen LogP contribution in [-0.4, -0.2) is 19.7 Å². The number of para-hydroxylation sites is 1. The van der Waals surface area contributed by atoms with Crippen molar-refractivity contribution < 1.29 is 0 Å². The van der Waals surface area contributed by atoms with Crippen molar-refractivity contribution in [2.24, 2.45) is 5.73 Å². The molecule has 0 bridgehead atoms. The van der Waals surface area contributed by atoms with Gasteiger partial charge in [-0.05, 0) is 37.8 Å². The molecule has 0 amide bonds. The van der Waals surface area contributed by atoms with E-state index in [-0.39, 0.29) is 6.04 Å². The lowest BCUT2D eigenvalue weighted by molar-refractivity contribution is 0.585. The lowest BCUT2D eigenvalue weighted by Crippen LogP contribution is -2.19. The van der Waals surface area contributed by atoms with E-state index in [0.717, 1.165) is 23.6 Å². The van der Waals surface area contributed by atoms with Crippen molar-refractivity contribution >= 4 is 10.9 Å². The van der Waals surface area contributed by atoms with E-state index >= 15 is 0 Å². The van der Waals surface area contributed by atoms with Crippen molar-refractivity contribution in [1.82, 2.24) is 19.7 Å². The van der Waals surface area contributed by atoms with Crippen LogP contribution in [0, 0.1) is 6.92 Å². The molecular weight excluding hydrogens is 262 g/mol. The SMILES string of the molecule is Cc1nnc([C@H](N)Cc2c[nH]c3ccccc23)n1C1CC1. The third kappa shape index (κ3) is 2.14. The Morgan fingerprint density at radius 3 is 2.95 bits per heavy atom. The van der Waals surface area contributed by atoms with Gasteiger partial charge in [-0.1, -0.05) is 18.2 Å². The molecule has 3 N–H and O–H groups in total. The Morgan fingerprint density at radius 2 is 2.14 bits per heavy atom. The van der Waals surface area contributed by atoms with E-state index < -0.39 is 0 Å². The highest BCUT2D eigenvalue weighted by Crippen LogP contribution is 2.37. The number of aromatic amines is 1. The number of nitrogens with two attached hydrogens (primary N) is 1. The van der Waals surface area contributed by atoms with E-state index in [2.05, 4.69) is 44.1 Å². The highest BCUT2D eigenvalue weighted by Gasteiger charge is 2.30. The van der Waals surface area contributed by atoms with Crippen molar-refractivity contribution in [1.29, 1.82) is 0 Å². The number of aryl methyl sites for hydroxylation is 1. The van der Waals surface area contributed by atoms with E-state index in [1.54, 1.807) is 0 Å². The fourth-order valence-corrected chi connectivity index (χ4v) is 3.05. The normalized spacial score (nSPS) is 16.5. The summed E-state index contributed by atoms with van der Waals surface area (Å²) in [6.07, 6.45) is 5.25. The molecule has 0 aliphatic heterocycles. The molecule has 5 nitrogen and oxygen atoms in total. The number of benzene rings is 1. The zero-order chi connectivity index (χ0) is 14.4. The van der Waals surface area contributed by atoms with E-state index in [1.807, 2.05) is 13.0 Å². The van der Waals surface area contributed by atoms with Gasteiger partial charge in [-0.25, -0.2) is 0 Å². The molecule has 0 radical (unpaired) electrons. The molecule has 1 aliphatic rings. The smallest absolute Gasteiger partial charge is 0.150 e. The Hall–Kier alpha value is -2.14. The molecule has 0 spiro atoms. The number of hydrogen-bond donors (Lipinski definition) is 2. The minimum absolute atomic E-state index is 0.119. The summed E-state index contributed by atoms with van der Waals surface area (Å²) < 4.78 is 2.22. The second kappa shape index (κ2) is 4.70. The van der Waals surface area contributed by atoms with Crippen molar-refractivity contribution in [3.8, 4) is 0 Å². The van der Waals surface area contributed by atoms with Gasteiger partial charge < -0.3 is 15.3 Å². The molecule has 5 heteroatoms. The average molecular weight is 281 g/mol. The summed E-state index contributed by atoms with van der Waals surface area (Å²) in [5.74, 6) is 1.89. The standard InChI is InChI=1S/C16H19N5/c1-10-19-20-16(21(10)12-6-7-12)14(17)8-11-9-18-15-5-3-2-4-13(11)15/h2-5,9,12,14,18H,6-8,17H2,1H3/t14-/m1/s1. The first-order chi connectivity index (χ1) is 10.2. The highest BCUT2D eigenvalue weighted by atomic mass is 15.3. The van der Waals surface area contributed by atoms with Crippen LogP contribution in [0.1, 0.15) is 42.1 Å². The molecule has 0 saturated heterocycles. The van der Waals surface area contributed by atoms with Gasteiger partial charge in [0.25, 0.3) is 0 Å². The largest absolute Gasteiger partial charge is 0.361 e. The molecule has 1 atom stereocenters. The second-order valence-electron chi connectivity index (χ2n) is 5.88. The number of rotatable bonds is 4. The average Bonchev–Trinajstić information content (AvgIpc) is 3.14. The molecule has 0 unspecified atom stereocenters. The van der Waals surface area contributed by atoms with Crippen molar-refractivity contribution in [3.63, 3.8) is 0 Å². The Balaban J connectivity index is 1.65. The lowest BCUT2D eigenvalue weighted by atomic mass is 10.1. The molecule has 1 fully saturated rings. The van der Waals surface area contributed by atoms with E-state index in [9.17, 15) is 0 Å². The van der Waals surface area contributed by atoms with Gasteiger partial charge in [0, 0.05) is 23.1 Å². The summed E-state index contributed by atoms with van der Waals surface area (Å²) in [6, 6.07) is 8.75. The molecule has 4 rings (SSSR count). The minimum atomic E-state index is -0.119. The number of aromatic nitrogens is 4. The maximum atomic E-state index is 6.42. The zero-order valence-corrected chi connectivity index (χ0v) is 12.1. The molecular formula is C16H19N5. The Kier molecular flexibility index (Phi) is 2.82. The number of H-pyrrole nitrogens is 1. The molecule has 21 heavy (non-hydrogen) atoms. The van der Waals surface area contributed by atoms with Crippen LogP contribution in [0.25, 0.3) is 10.9 Å². The van der Waals surface area contributed by atoms with Crippen molar-refractivity contribution in [3.05, 3.63) is 47.7 Å². The van der Waals surface area contributed by atoms with Gasteiger partial charge in [-0.2, -0.15) is 0 Å². The molecule has 2 aromatic heterocycles. The van der Waals surface area contributed by atoms with Gasteiger partial charge in [0.1, 0.15) is 5.82 Å².